The quantitative estimate of drug-likeness (QED) is 0.371. The molecule has 0 aromatic heterocycles. The van der Waals surface area contributed by atoms with Gasteiger partial charge in [0.25, 0.3) is 0 Å². The molecule has 6 heteroatoms. The van der Waals surface area contributed by atoms with Gasteiger partial charge in [-0.3, -0.25) is 0 Å². The fraction of sp³-hybridized carbons (Fsp3) is 0.143. The summed E-state index contributed by atoms with van der Waals surface area (Å²) in [7, 11) is 14.7. The van der Waals surface area contributed by atoms with E-state index in [0.717, 1.165) is 0 Å². The van der Waals surface area contributed by atoms with Crippen molar-refractivity contribution < 1.29 is 13.2 Å². The van der Waals surface area contributed by atoms with Crippen LogP contribution in [0.4, 0.5) is 13.2 Å². The van der Waals surface area contributed by atoms with Crippen molar-refractivity contribution in [3.63, 3.8) is 0 Å². The summed E-state index contributed by atoms with van der Waals surface area (Å²) in [6.07, 6.45) is 0. The molecule has 27 heavy (non-hydrogen) atoms. The predicted octanol–water partition coefficient (Wildman–Crippen LogP) is 4.92. The number of benzene rings is 3. The molecular formula is C21H18BiCl2F3. The Morgan fingerprint density at radius 3 is 1.04 bits per heavy atom. The number of hydrogen-bond donors (Lipinski definition) is 0. The van der Waals surface area contributed by atoms with Gasteiger partial charge < -0.3 is 0 Å². The van der Waals surface area contributed by atoms with Crippen molar-refractivity contribution in [3.05, 3.63) is 88.7 Å². The SMILES string of the molecule is Cc1c[c]([Bi]([Cl])([Cl])([c]2ccc(F)c(C)c2)[c]2ccc(F)c(C)c2)ccc1F. The first-order valence-corrected chi connectivity index (χ1v) is 22.1. The van der Waals surface area contributed by atoms with E-state index in [2.05, 4.69) is 0 Å². The van der Waals surface area contributed by atoms with Crippen LogP contribution in [0.1, 0.15) is 16.7 Å². The number of rotatable bonds is 3. The molecule has 0 aliphatic carbocycles. The molecule has 3 rings (SSSR count). The van der Waals surface area contributed by atoms with Gasteiger partial charge in [-0.25, -0.2) is 0 Å². The van der Waals surface area contributed by atoms with Crippen LogP contribution in [0.2, 0.25) is 0 Å². The molecule has 0 aliphatic rings. The Labute approximate surface area is 165 Å². The van der Waals surface area contributed by atoms with E-state index in [-0.39, 0.29) is 17.5 Å². The van der Waals surface area contributed by atoms with E-state index < -0.39 is 16.4 Å². The Balaban J connectivity index is 2.42. The van der Waals surface area contributed by atoms with Crippen LogP contribution in [0.3, 0.4) is 0 Å². The molecule has 0 spiro atoms. The van der Waals surface area contributed by atoms with Crippen LogP contribution < -0.4 is 9.81 Å². The third kappa shape index (κ3) is 3.41. The molecule has 142 valence electrons. The van der Waals surface area contributed by atoms with Gasteiger partial charge in [-0.15, -0.1) is 0 Å². The average molecular weight is 607 g/mol. The zero-order chi connectivity index (χ0) is 20.0. The summed E-state index contributed by atoms with van der Waals surface area (Å²) < 4.78 is 43.5. The molecule has 0 unspecified atom stereocenters. The van der Waals surface area contributed by atoms with E-state index >= 15 is 0 Å². The normalized spacial score (nSPS) is 13.3. The maximum absolute atomic E-state index is 13.9. The van der Waals surface area contributed by atoms with Gasteiger partial charge in [-0.05, 0) is 0 Å². The first kappa shape index (κ1) is 20.6. The average Bonchev–Trinajstić information content (AvgIpc) is 2.62. The van der Waals surface area contributed by atoms with Gasteiger partial charge in [0.2, 0.25) is 0 Å². The van der Waals surface area contributed by atoms with Crippen LogP contribution in [0.25, 0.3) is 0 Å². The van der Waals surface area contributed by atoms with Gasteiger partial charge >= 0.3 is 166 Å². The molecule has 0 nitrogen and oxygen atoms in total. The third-order valence-corrected chi connectivity index (χ3v) is 28.9. The minimum atomic E-state index is -5.31. The van der Waals surface area contributed by atoms with Crippen molar-refractivity contribution in [2.45, 2.75) is 20.8 Å². The van der Waals surface area contributed by atoms with Crippen LogP contribution in [0, 0.1) is 38.2 Å². The van der Waals surface area contributed by atoms with Crippen molar-refractivity contribution in [3.8, 4) is 0 Å². The van der Waals surface area contributed by atoms with E-state index in [9.17, 15) is 13.2 Å². The second kappa shape index (κ2) is 7.06. The number of hydrogen-bond acceptors (Lipinski definition) is 0. The van der Waals surface area contributed by atoms with Crippen LogP contribution in [0.15, 0.2) is 54.6 Å². The molecule has 0 N–H and O–H groups in total. The van der Waals surface area contributed by atoms with Gasteiger partial charge in [-0.1, -0.05) is 0 Å². The van der Waals surface area contributed by atoms with Gasteiger partial charge in [0, 0.05) is 0 Å². The molecule has 0 amide bonds. The van der Waals surface area contributed by atoms with Crippen LogP contribution in [-0.2, 0) is 0 Å². The van der Waals surface area contributed by atoms with Gasteiger partial charge in [-0.2, -0.15) is 0 Å². The Hall–Kier alpha value is -1.09. The second-order valence-electron chi connectivity index (χ2n) is 6.71. The molecular weight excluding hydrogens is 589 g/mol. The standard InChI is InChI=1S/3C7H6F.Bi.2ClH/c3*1-6-4-2-3-5-7(6)8;;;/h3*3-5H,1H3;;2*1H/q;;;+2;;/p-2. The molecule has 0 bridgehead atoms. The van der Waals surface area contributed by atoms with E-state index in [1.54, 1.807) is 57.2 Å². The first-order chi connectivity index (χ1) is 12.5. The summed E-state index contributed by atoms with van der Waals surface area (Å²) in [4.78, 5) is 0. The Kier molecular flexibility index (Phi) is 5.40. The maximum atomic E-state index is 13.9. The fourth-order valence-electron chi connectivity index (χ4n) is 3.07. The summed E-state index contributed by atoms with van der Waals surface area (Å²) in [5, 5.41) is 0. The third-order valence-electron chi connectivity index (χ3n) is 4.78. The van der Waals surface area contributed by atoms with Gasteiger partial charge in [0.1, 0.15) is 0 Å². The second-order valence-corrected chi connectivity index (χ2v) is 33.2. The molecule has 0 radical (unpaired) electrons. The summed E-state index contributed by atoms with van der Waals surface area (Å²) in [5.74, 6) is -1.10. The molecule has 0 heterocycles. The predicted molar refractivity (Wildman–Crippen MR) is 110 cm³/mol. The number of halogens is 5. The summed E-state index contributed by atoms with van der Waals surface area (Å²) in [6, 6.07) is 13.6. The van der Waals surface area contributed by atoms with Crippen LogP contribution in [0.5, 0.6) is 0 Å². The van der Waals surface area contributed by atoms with E-state index in [1.807, 2.05) is 0 Å². The van der Waals surface area contributed by atoms with E-state index in [1.165, 1.54) is 18.2 Å². The van der Waals surface area contributed by atoms with Crippen molar-refractivity contribution in [2.75, 3.05) is 0 Å². The first-order valence-electron chi connectivity index (χ1n) is 8.29. The summed E-state index contributed by atoms with van der Waals surface area (Å²) in [6.45, 7) is 4.90. The van der Waals surface area contributed by atoms with Crippen molar-refractivity contribution in [1.29, 1.82) is 0 Å². The molecule has 0 fully saturated rings. The van der Waals surface area contributed by atoms with Crippen LogP contribution in [-0.4, -0.2) is 16.4 Å². The van der Waals surface area contributed by atoms with Crippen molar-refractivity contribution in [2.24, 2.45) is 0 Å². The minimum absolute atomic E-state index is 0.365. The Morgan fingerprint density at radius 1 is 0.556 bits per heavy atom. The Morgan fingerprint density at radius 2 is 0.815 bits per heavy atom. The van der Waals surface area contributed by atoms with Gasteiger partial charge in [0.05, 0.1) is 0 Å². The van der Waals surface area contributed by atoms with Crippen molar-refractivity contribution in [1.82, 2.24) is 0 Å². The van der Waals surface area contributed by atoms with Crippen molar-refractivity contribution >= 4 is 43.2 Å². The van der Waals surface area contributed by atoms with Gasteiger partial charge in [0.15, 0.2) is 0 Å². The monoisotopic (exact) mass is 606 g/mol. The zero-order valence-corrected chi connectivity index (χ0v) is 20.0. The van der Waals surface area contributed by atoms with E-state index in [0.29, 0.717) is 26.5 Å². The van der Waals surface area contributed by atoms with E-state index in [4.69, 9.17) is 17.0 Å². The molecule has 0 aliphatic heterocycles. The molecule has 0 saturated heterocycles. The fourth-order valence-corrected chi connectivity index (χ4v) is 20.9. The topological polar surface area (TPSA) is 0 Å². The molecule has 3 aromatic carbocycles. The molecule has 3 aromatic rings. The van der Waals surface area contributed by atoms with Crippen LogP contribution >= 0.6 is 17.0 Å². The summed E-state index contributed by atoms with van der Waals surface area (Å²) in [5.41, 5.74) is 1.23. The zero-order valence-electron chi connectivity index (χ0n) is 15.0. The molecule has 0 atom stereocenters. The summed E-state index contributed by atoms with van der Waals surface area (Å²) >= 11 is -5.31. The molecule has 0 saturated carbocycles. The Bertz CT molecular complexity index is 916. The number of aryl methyl sites for hydroxylation is 3.